The van der Waals surface area contributed by atoms with Crippen LogP contribution in [-0.4, -0.2) is 82.8 Å². The van der Waals surface area contributed by atoms with E-state index in [0.717, 1.165) is 12.8 Å². The van der Waals surface area contributed by atoms with Crippen LogP contribution in [0.2, 0.25) is 5.28 Å². The summed E-state index contributed by atoms with van der Waals surface area (Å²) in [5.74, 6) is 0.275. The molecule has 3 rings (SSSR count). The van der Waals surface area contributed by atoms with Crippen LogP contribution in [0.4, 0.5) is 10.6 Å². The van der Waals surface area contributed by atoms with E-state index in [1.54, 1.807) is 15.9 Å². The largest absolute Gasteiger partial charge is 0.444 e. The molecule has 2 aliphatic heterocycles. The number of carbonyl (C=O) groups excluding carboxylic acids is 2. The van der Waals surface area contributed by atoms with Crippen LogP contribution < -0.4 is 5.32 Å². The number of hydrogen-bond acceptors (Lipinski definition) is 7. The second-order valence-electron chi connectivity index (χ2n) is 8.22. The molecule has 3 heterocycles. The fraction of sp³-hybridized carbons (Fsp3) is 0.684. The lowest BCUT2D eigenvalue weighted by molar-refractivity contribution is 0.0206. The van der Waals surface area contributed by atoms with E-state index < -0.39 is 5.60 Å². The van der Waals surface area contributed by atoms with Crippen LogP contribution in [0, 0.1) is 0 Å². The number of aromatic nitrogens is 2. The molecule has 9 nitrogen and oxygen atoms in total. The van der Waals surface area contributed by atoms with Gasteiger partial charge in [0.25, 0.3) is 5.91 Å². The van der Waals surface area contributed by atoms with Gasteiger partial charge in [0.15, 0.2) is 0 Å². The van der Waals surface area contributed by atoms with Gasteiger partial charge in [-0.2, -0.15) is 0 Å². The van der Waals surface area contributed by atoms with Crippen molar-refractivity contribution < 1.29 is 19.1 Å². The zero-order valence-corrected chi connectivity index (χ0v) is 17.9. The lowest BCUT2D eigenvalue weighted by Crippen LogP contribution is -2.47. The molecule has 29 heavy (non-hydrogen) atoms. The highest BCUT2D eigenvalue weighted by atomic mass is 35.5. The average molecular weight is 426 g/mol. The maximum absolute atomic E-state index is 12.7. The summed E-state index contributed by atoms with van der Waals surface area (Å²) in [6.45, 7) is 8.76. The Kier molecular flexibility index (Phi) is 6.79. The first-order chi connectivity index (χ1) is 13.7. The van der Waals surface area contributed by atoms with Crippen molar-refractivity contribution in [1.29, 1.82) is 0 Å². The van der Waals surface area contributed by atoms with E-state index in [4.69, 9.17) is 21.1 Å². The summed E-state index contributed by atoms with van der Waals surface area (Å²) in [5.41, 5.74) is -0.291. The maximum atomic E-state index is 12.7. The molecular formula is C19H28ClN5O4. The molecule has 0 unspecified atom stereocenters. The molecule has 0 aliphatic carbocycles. The van der Waals surface area contributed by atoms with Crippen LogP contribution in [0.25, 0.3) is 0 Å². The minimum Gasteiger partial charge on any atom is -0.444 e. The number of halogens is 1. The van der Waals surface area contributed by atoms with E-state index in [1.807, 2.05) is 20.8 Å². The van der Waals surface area contributed by atoms with Gasteiger partial charge in [0.2, 0.25) is 5.28 Å². The summed E-state index contributed by atoms with van der Waals surface area (Å²) >= 11 is 6.06. The van der Waals surface area contributed by atoms with Crippen molar-refractivity contribution in [2.24, 2.45) is 0 Å². The molecule has 1 N–H and O–H groups in total. The van der Waals surface area contributed by atoms with Gasteiger partial charge in [0.1, 0.15) is 17.1 Å². The first-order valence-corrected chi connectivity index (χ1v) is 10.2. The number of rotatable bonds is 3. The van der Waals surface area contributed by atoms with Crippen LogP contribution >= 0.6 is 11.6 Å². The fourth-order valence-corrected chi connectivity index (χ4v) is 3.51. The lowest BCUT2D eigenvalue weighted by atomic mass is 10.1. The number of amides is 2. The third kappa shape index (κ3) is 6.17. The number of carbonyl (C=O) groups is 2. The van der Waals surface area contributed by atoms with Gasteiger partial charge in [-0.05, 0) is 45.2 Å². The highest BCUT2D eigenvalue weighted by Crippen LogP contribution is 2.20. The lowest BCUT2D eigenvalue weighted by Gasteiger charge is -2.34. The molecule has 2 aliphatic rings. The Morgan fingerprint density at radius 1 is 1.21 bits per heavy atom. The van der Waals surface area contributed by atoms with Crippen molar-refractivity contribution in [1.82, 2.24) is 19.8 Å². The van der Waals surface area contributed by atoms with E-state index in [2.05, 4.69) is 15.3 Å². The van der Waals surface area contributed by atoms with Gasteiger partial charge in [-0.1, -0.05) is 0 Å². The third-order valence-corrected chi connectivity index (χ3v) is 4.81. The molecule has 1 atom stereocenters. The summed E-state index contributed by atoms with van der Waals surface area (Å²) in [4.78, 5) is 36.7. The molecular weight excluding hydrogens is 398 g/mol. The Morgan fingerprint density at radius 2 is 1.93 bits per heavy atom. The van der Waals surface area contributed by atoms with Crippen molar-refractivity contribution in [3.8, 4) is 0 Å². The average Bonchev–Trinajstić information content (AvgIpc) is 2.66. The summed E-state index contributed by atoms with van der Waals surface area (Å²) in [6, 6.07) is 1.59. The molecule has 0 aromatic carbocycles. The molecule has 0 radical (unpaired) electrons. The fourth-order valence-electron chi connectivity index (χ4n) is 3.33. The van der Waals surface area contributed by atoms with Gasteiger partial charge in [-0.25, -0.2) is 14.8 Å². The highest BCUT2D eigenvalue weighted by Gasteiger charge is 2.28. The third-order valence-electron chi connectivity index (χ3n) is 4.64. The van der Waals surface area contributed by atoms with Gasteiger partial charge in [-0.15, -0.1) is 0 Å². The number of anilines is 1. The smallest absolute Gasteiger partial charge is 0.410 e. The van der Waals surface area contributed by atoms with Crippen LogP contribution in [0.3, 0.4) is 0 Å². The Hall–Kier alpha value is -2.13. The Balaban J connectivity index is 1.65. The van der Waals surface area contributed by atoms with Crippen molar-refractivity contribution in [2.75, 3.05) is 44.7 Å². The van der Waals surface area contributed by atoms with Crippen molar-refractivity contribution in [2.45, 2.75) is 45.3 Å². The SMILES string of the molecule is CC(C)(C)OC(=O)N1CCC[C@H](Nc2cc(C(=O)N3CCOCC3)nc(Cl)n2)C1. The van der Waals surface area contributed by atoms with Gasteiger partial charge in [0, 0.05) is 38.3 Å². The summed E-state index contributed by atoms with van der Waals surface area (Å²) in [7, 11) is 0. The summed E-state index contributed by atoms with van der Waals surface area (Å²) < 4.78 is 10.8. The molecule has 0 spiro atoms. The van der Waals surface area contributed by atoms with E-state index >= 15 is 0 Å². The highest BCUT2D eigenvalue weighted by molar-refractivity contribution is 6.28. The first kappa shape index (κ1) is 21.6. The topological polar surface area (TPSA) is 96.9 Å². The number of nitrogens with zero attached hydrogens (tertiary/aromatic N) is 4. The first-order valence-electron chi connectivity index (χ1n) is 9.87. The number of hydrogen-bond donors (Lipinski definition) is 1. The van der Waals surface area contributed by atoms with Gasteiger partial charge in [-0.3, -0.25) is 4.79 Å². The Bertz CT molecular complexity index is 749. The molecule has 160 valence electrons. The number of ether oxygens (including phenoxy) is 2. The van der Waals surface area contributed by atoms with Crippen LogP contribution in [-0.2, 0) is 9.47 Å². The Morgan fingerprint density at radius 3 is 2.62 bits per heavy atom. The molecule has 1 aromatic rings. The van der Waals surface area contributed by atoms with Crippen LogP contribution in [0.1, 0.15) is 44.1 Å². The zero-order chi connectivity index (χ0) is 21.0. The molecule has 2 saturated heterocycles. The minimum atomic E-state index is -0.535. The van der Waals surface area contributed by atoms with Crippen LogP contribution in [0.15, 0.2) is 6.07 Å². The number of nitrogens with one attached hydrogen (secondary N) is 1. The van der Waals surface area contributed by atoms with E-state index in [1.165, 1.54) is 0 Å². The second-order valence-corrected chi connectivity index (χ2v) is 8.56. The normalized spacial score (nSPS) is 20.3. The predicted molar refractivity (Wildman–Crippen MR) is 108 cm³/mol. The monoisotopic (exact) mass is 425 g/mol. The molecule has 0 saturated carbocycles. The van der Waals surface area contributed by atoms with E-state index in [-0.39, 0.29) is 29.0 Å². The molecule has 10 heteroatoms. The maximum Gasteiger partial charge on any atom is 0.410 e. The van der Waals surface area contributed by atoms with Gasteiger partial charge >= 0.3 is 6.09 Å². The standard InChI is InChI=1S/C19H28ClN5O4/c1-19(2,3)29-18(27)25-6-4-5-13(12-25)21-15-11-14(22-17(20)23-15)16(26)24-7-9-28-10-8-24/h11,13H,4-10,12H2,1-3H3,(H,21,22,23)/t13-/m0/s1. The van der Waals surface area contributed by atoms with Crippen molar-refractivity contribution in [3.63, 3.8) is 0 Å². The molecule has 1 aromatic heterocycles. The molecule has 2 fully saturated rings. The summed E-state index contributed by atoms with van der Waals surface area (Å²) in [5, 5.41) is 3.29. The zero-order valence-electron chi connectivity index (χ0n) is 17.1. The molecule has 2 amide bonds. The van der Waals surface area contributed by atoms with Gasteiger partial charge in [0.05, 0.1) is 13.2 Å². The van der Waals surface area contributed by atoms with Crippen molar-refractivity contribution >= 4 is 29.4 Å². The van der Waals surface area contributed by atoms with Crippen molar-refractivity contribution in [3.05, 3.63) is 17.0 Å². The number of likely N-dealkylation sites (tertiary alicyclic amines) is 1. The Labute approximate surface area is 175 Å². The van der Waals surface area contributed by atoms with Crippen LogP contribution in [0.5, 0.6) is 0 Å². The van der Waals surface area contributed by atoms with E-state index in [0.29, 0.717) is 45.2 Å². The molecule has 0 bridgehead atoms. The minimum absolute atomic E-state index is 0.00594. The van der Waals surface area contributed by atoms with E-state index in [9.17, 15) is 9.59 Å². The quantitative estimate of drug-likeness (QED) is 0.742. The summed E-state index contributed by atoms with van der Waals surface area (Å²) in [6.07, 6.45) is 1.39. The predicted octanol–water partition coefficient (Wildman–Crippen LogP) is 2.41. The number of morpholine rings is 1. The number of piperidine rings is 1. The second kappa shape index (κ2) is 9.13. The van der Waals surface area contributed by atoms with Gasteiger partial charge < -0.3 is 24.6 Å².